The van der Waals surface area contributed by atoms with E-state index in [1.165, 1.54) is 12.1 Å². The standard InChI is InChI=1S/C13H17N2O4/c1-9-7-11(15(17)18)6-5-10(9)8-14-12(16)19-13(2,3)4/h5,7H,8H2,1-4H3,(H,14,16). The molecule has 1 amide bonds. The van der Waals surface area contributed by atoms with E-state index in [1.807, 2.05) is 0 Å². The monoisotopic (exact) mass is 265 g/mol. The van der Waals surface area contributed by atoms with Crippen molar-refractivity contribution in [3.8, 4) is 0 Å². The lowest BCUT2D eigenvalue weighted by atomic mass is 10.1. The number of alkyl carbamates (subject to hydrolysis) is 1. The highest BCUT2D eigenvalue weighted by molar-refractivity contribution is 5.67. The zero-order valence-electron chi connectivity index (χ0n) is 11.4. The summed E-state index contributed by atoms with van der Waals surface area (Å²) in [5, 5.41) is 13.2. The fourth-order valence-electron chi connectivity index (χ4n) is 1.39. The van der Waals surface area contributed by atoms with Crippen molar-refractivity contribution in [1.29, 1.82) is 0 Å². The van der Waals surface area contributed by atoms with E-state index in [9.17, 15) is 14.9 Å². The van der Waals surface area contributed by atoms with Gasteiger partial charge in [0, 0.05) is 12.6 Å². The Morgan fingerprint density at radius 2 is 2.16 bits per heavy atom. The van der Waals surface area contributed by atoms with Crippen molar-refractivity contribution in [1.82, 2.24) is 5.32 Å². The Hall–Kier alpha value is -2.11. The summed E-state index contributed by atoms with van der Waals surface area (Å²) in [4.78, 5) is 21.5. The van der Waals surface area contributed by atoms with Crippen molar-refractivity contribution in [2.75, 3.05) is 0 Å². The highest BCUT2D eigenvalue weighted by Gasteiger charge is 2.16. The molecule has 0 aliphatic heterocycles. The summed E-state index contributed by atoms with van der Waals surface area (Å²) in [5.41, 5.74) is 0.845. The van der Waals surface area contributed by atoms with Gasteiger partial charge in [0.2, 0.25) is 0 Å². The number of amides is 1. The number of aryl methyl sites for hydroxylation is 1. The van der Waals surface area contributed by atoms with Crippen molar-refractivity contribution in [3.63, 3.8) is 0 Å². The second-order valence-electron chi connectivity index (χ2n) is 5.14. The van der Waals surface area contributed by atoms with Crippen molar-refractivity contribution in [2.45, 2.75) is 39.8 Å². The molecule has 0 aliphatic rings. The van der Waals surface area contributed by atoms with Gasteiger partial charge in [-0.2, -0.15) is 0 Å². The fraction of sp³-hybridized carbons (Fsp3) is 0.462. The molecule has 6 nitrogen and oxygen atoms in total. The van der Waals surface area contributed by atoms with Gasteiger partial charge < -0.3 is 10.1 Å². The van der Waals surface area contributed by atoms with E-state index in [-0.39, 0.29) is 12.2 Å². The third kappa shape index (κ3) is 4.95. The van der Waals surface area contributed by atoms with E-state index in [0.29, 0.717) is 0 Å². The van der Waals surface area contributed by atoms with Gasteiger partial charge in [-0.1, -0.05) is 0 Å². The molecular weight excluding hydrogens is 248 g/mol. The predicted octanol–water partition coefficient (Wildman–Crippen LogP) is 2.73. The Balaban J connectivity index is 2.64. The van der Waals surface area contributed by atoms with Gasteiger partial charge in [-0.25, -0.2) is 4.79 Å². The molecule has 6 heteroatoms. The molecule has 0 atom stereocenters. The van der Waals surface area contributed by atoms with Crippen molar-refractivity contribution < 1.29 is 14.5 Å². The van der Waals surface area contributed by atoms with Gasteiger partial charge in [-0.15, -0.1) is 0 Å². The molecule has 0 aliphatic carbocycles. The van der Waals surface area contributed by atoms with Gasteiger partial charge in [0.25, 0.3) is 5.69 Å². The maximum absolute atomic E-state index is 11.5. The van der Waals surface area contributed by atoms with Crippen LogP contribution in [-0.2, 0) is 11.3 Å². The number of carbonyl (C=O) groups is 1. The SMILES string of the molecule is Cc1cc([N+](=O)[O-])[c]cc1CNC(=O)OC(C)(C)C. The van der Waals surface area contributed by atoms with Gasteiger partial charge in [-0.05, 0) is 44.9 Å². The van der Waals surface area contributed by atoms with Gasteiger partial charge >= 0.3 is 6.09 Å². The zero-order chi connectivity index (χ0) is 14.6. The molecule has 0 heterocycles. The first-order valence-corrected chi connectivity index (χ1v) is 5.81. The summed E-state index contributed by atoms with van der Waals surface area (Å²) in [7, 11) is 0. The predicted molar refractivity (Wildman–Crippen MR) is 69.7 cm³/mol. The highest BCUT2D eigenvalue weighted by atomic mass is 16.6. The number of nitrogens with zero attached hydrogens (tertiary/aromatic N) is 1. The number of hydrogen-bond donors (Lipinski definition) is 1. The summed E-state index contributed by atoms with van der Waals surface area (Å²) in [6.07, 6.45) is -0.523. The Morgan fingerprint density at radius 3 is 2.63 bits per heavy atom. The lowest BCUT2D eigenvalue weighted by Gasteiger charge is -2.19. The number of non-ortho nitro benzene ring substituents is 1. The summed E-state index contributed by atoms with van der Waals surface area (Å²) in [6, 6.07) is 5.49. The van der Waals surface area contributed by atoms with Gasteiger partial charge in [-0.3, -0.25) is 10.1 Å². The Morgan fingerprint density at radius 1 is 1.53 bits per heavy atom. The van der Waals surface area contributed by atoms with E-state index in [1.54, 1.807) is 27.7 Å². The second kappa shape index (κ2) is 5.69. The molecule has 0 spiro atoms. The molecule has 0 saturated heterocycles. The largest absolute Gasteiger partial charge is 0.444 e. The molecule has 0 aromatic heterocycles. The maximum atomic E-state index is 11.5. The molecular formula is C13H17N2O4. The van der Waals surface area contributed by atoms with Crippen LogP contribution >= 0.6 is 0 Å². The number of ether oxygens (including phenoxy) is 1. The minimum Gasteiger partial charge on any atom is -0.444 e. The summed E-state index contributed by atoms with van der Waals surface area (Å²) in [5.74, 6) is 0. The second-order valence-corrected chi connectivity index (χ2v) is 5.14. The van der Waals surface area contributed by atoms with Crippen LogP contribution in [0.2, 0.25) is 0 Å². The van der Waals surface area contributed by atoms with Crippen LogP contribution in [0, 0.1) is 23.1 Å². The van der Waals surface area contributed by atoms with E-state index >= 15 is 0 Å². The average Bonchev–Trinajstić information content (AvgIpc) is 2.24. The van der Waals surface area contributed by atoms with Crippen molar-refractivity contribution in [3.05, 3.63) is 39.4 Å². The summed E-state index contributed by atoms with van der Waals surface area (Å²) >= 11 is 0. The quantitative estimate of drug-likeness (QED) is 0.673. The van der Waals surface area contributed by atoms with E-state index in [2.05, 4.69) is 11.4 Å². The van der Waals surface area contributed by atoms with E-state index in [0.717, 1.165) is 11.1 Å². The van der Waals surface area contributed by atoms with Crippen molar-refractivity contribution in [2.24, 2.45) is 0 Å². The lowest BCUT2D eigenvalue weighted by Crippen LogP contribution is -2.32. The molecule has 0 saturated carbocycles. The molecule has 1 radical (unpaired) electrons. The molecule has 1 N–H and O–H groups in total. The maximum Gasteiger partial charge on any atom is 0.407 e. The number of rotatable bonds is 3. The molecule has 0 fully saturated rings. The van der Waals surface area contributed by atoms with E-state index < -0.39 is 16.6 Å². The fourth-order valence-corrected chi connectivity index (χ4v) is 1.39. The molecule has 0 bridgehead atoms. The van der Waals surface area contributed by atoms with Crippen LogP contribution in [0.5, 0.6) is 0 Å². The number of nitro groups is 1. The normalized spacial score (nSPS) is 10.9. The number of benzene rings is 1. The Kier molecular flexibility index (Phi) is 4.47. The highest BCUT2D eigenvalue weighted by Crippen LogP contribution is 2.16. The van der Waals surface area contributed by atoms with Crippen LogP contribution in [0.25, 0.3) is 0 Å². The molecule has 103 valence electrons. The number of nitro benzene ring substituents is 1. The molecule has 1 aromatic rings. The Bertz CT molecular complexity index is 492. The van der Waals surface area contributed by atoms with Crippen LogP contribution in [0.3, 0.4) is 0 Å². The summed E-state index contributed by atoms with van der Waals surface area (Å²) in [6.45, 7) is 7.31. The van der Waals surface area contributed by atoms with E-state index in [4.69, 9.17) is 4.74 Å². The molecule has 1 rings (SSSR count). The third-order valence-corrected chi connectivity index (χ3v) is 2.27. The Labute approximate surface area is 111 Å². The van der Waals surface area contributed by atoms with Crippen LogP contribution in [-0.4, -0.2) is 16.6 Å². The first kappa shape index (κ1) is 14.9. The number of carbonyl (C=O) groups excluding carboxylic acids is 1. The van der Waals surface area contributed by atoms with Crippen LogP contribution in [0.4, 0.5) is 10.5 Å². The van der Waals surface area contributed by atoms with Gasteiger partial charge in [0.1, 0.15) is 5.60 Å². The minimum absolute atomic E-state index is 0.0847. The summed E-state index contributed by atoms with van der Waals surface area (Å²) < 4.78 is 5.09. The molecule has 0 unspecified atom stereocenters. The molecule has 19 heavy (non-hydrogen) atoms. The van der Waals surface area contributed by atoms with Gasteiger partial charge in [0.15, 0.2) is 0 Å². The minimum atomic E-state index is -0.555. The molecule has 1 aromatic carbocycles. The van der Waals surface area contributed by atoms with Crippen molar-refractivity contribution >= 4 is 11.8 Å². The third-order valence-electron chi connectivity index (χ3n) is 2.27. The van der Waals surface area contributed by atoms with Crippen LogP contribution in [0.15, 0.2) is 12.1 Å². The first-order chi connectivity index (χ1) is 8.69. The number of nitrogens with one attached hydrogen (secondary N) is 1. The average molecular weight is 265 g/mol. The van der Waals surface area contributed by atoms with Crippen LogP contribution < -0.4 is 5.32 Å². The lowest BCUT2D eigenvalue weighted by molar-refractivity contribution is -0.385. The topological polar surface area (TPSA) is 81.5 Å². The first-order valence-electron chi connectivity index (χ1n) is 5.81. The zero-order valence-corrected chi connectivity index (χ0v) is 11.4. The van der Waals surface area contributed by atoms with Gasteiger partial charge in [0.05, 0.1) is 11.0 Å². The number of hydrogen-bond acceptors (Lipinski definition) is 4. The smallest absolute Gasteiger partial charge is 0.407 e. The van der Waals surface area contributed by atoms with Crippen LogP contribution in [0.1, 0.15) is 31.9 Å².